The number of alkyl halides is 3. The quantitative estimate of drug-likeness (QED) is 0.646. The molecule has 0 bridgehead atoms. The number of nitrogens with zero attached hydrogens (tertiary/aromatic N) is 1. The zero-order valence-corrected chi connectivity index (χ0v) is 14.4. The van der Waals surface area contributed by atoms with Crippen molar-refractivity contribution in [2.24, 2.45) is 0 Å². The second kappa shape index (κ2) is 7.25. The lowest BCUT2D eigenvalue weighted by atomic mass is 10.1. The van der Waals surface area contributed by atoms with Gasteiger partial charge >= 0.3 is 6.36 Å². The van der Waals surface area contributed by atoms with Gasteiger partial charge in [-0.25, -0.2) is 0 Å². The van der Waals surface area contributed by atoms with Crippen LogP contribution in [0.1, 0.15) is 19.4 Å². The van der Waals surface area contributed by atoms with Gasteiger partial charge in [-0.3, -0.25) is 0 Å². The van der Waals surface area contributed by atoms with E-state index in [0.717, 1.165) is 10.0 Å². The van der Waals surface area contributed by atoms with Crippen molar-refractivity contribution in [3.05, 3.63) is 58.6 Å². The molecule has 23 heavy (non-hydrogen) atoms. The van der Waals surface area contributed by atoms with Crippen LogP contribution in [-0.4, -0.2) is 12.4 Å². The molecular weight excluding hydrogens is 371 g/mol. The normalized spacial score (nSPS) is 11.6. The third kappa shape index (κ3) is 5.46. The first-order valence-corrected chi connectivity index (χ1v) is 7.91. The molecule has 0 saturated heterocycles. The second-order valence-corrected chi connectivity index (χ2v) is 6.31. The number of halogens is 4. The highest BCUT2D eigenvalue weighted by atomic mass is 79.9. The highest BCUT2D eigenvalue weighted by Gasteiger charge is 2.31. The first-order chi connectivity index (χ1) is 10.7. The maximum atomic E-state index is 12.4. The average molecular weight is 388 g/mol. The van der Waals surface area contributed by atoms with Crippen molar-refractivity contribution >= 4 is 21.6 Å². The van der Waals surface area contributed by atoms with Crippen LogP contribution in [0.2, 0.25) is 0 Å². The molecule has 0 N–H and O–H groups in total. The van der Waals surface area contributed by atoms with Crippen LogP contribution in [0.25, 0.3) is 0 Å². The van der Waals surface area contributed by atoms with Crippen LogP contribution in [-0.2, 0) is 6.54 Å². The fourth-order valence-electron chi connectivity index (χ4n) is 2.26. The van der Waals surface area contributed by atoms with Gasteiger partial charge in [0, 0.05) is 28.8 Å². The van der Waals surface area contributed by atoms with E-state index < -0.39 is 6.36 Å². The Bertz CT molecular complexity index is 658. The molecule has 2 aromatic carbocycles. The molecule has 0 atom stereocenters. The molecule has 0 aliphatic rings. The van der Waals surface area contributed by atoms with Gasteiger partial charge in [-0.05, 0) is 43.7 Å². The van der Waals surface area contributed by atoms with Crippen molar-refractivity contribution in [1.82, 2.24) is 0 Å². The van der Waals surface area contributed by atoms with Crippen LogP contribution in [0.4, 0.5) is 18.9 Å². The Hall–Kier alpha value is -1.69. The Morgan fingerprint density at radius 2 is 1.78 bits per heavy atom. The standard InChI is InChI=1S/C17H17BrF3NO/c1-12(2)22(11-13-5-3-6-14(18)9-13)15-7-4-8-16(10-15)23-17(19,20)21/h3-10,12H,11H2,1-2H3. The number of ether oxygens (including phenoxy) is 1. The summed E-state index contributed by atoms with van der Waals surface area (Å²) in [5.41, 5.74) is 1.75. The predicted octanol–water partition coefficient (Wildman–Crippen LogP) is 5.76. The van der Waals surface area contributed by atoms with Crippen molar-refractivity contribution in [2.75, 3.05) is 4.90 Å². The molecule has 124 valence electrons. The van der Waals surface area contributed by atoms with Gasteiger partial charge in [0.25, 0.3) is 0 Å². The molecule has 0 heterocycles. The second-order valence-electron chi connectivity index (χ2n) is 5.40. The molecule has 0 aliphatic carbocycles. The van der Waals surface area contributed by atoms with Crippen LogP contribution in [0.15, 0.2) is 53.0 Å². The van der Waals surface area contributed by atoms with E-state index in [1.54, 1.807) is 12.1 Å². The monoisotopic (exact) mass is 387 g/mol. The van der Waals surface area contributed by atoms with E-state index in [2.05, 4.69) is 20.7 Å². The summed E-state index contributed by atoms with van der Waals surface area (Å²) in [7, 11) is 0. The van der Waals surface area contributed by atoms with Crippen molar-refractivity contribution in [3.63, 3.8) is 0 Å². The molecule has 0 aromatic heterocycles. The third-order valence-corrected chi connectivity index (χ3v) is 3.74. The van der Waals surface area contributed by atoms with Crippen LogP contribution in [0, 0.1) is 0 Å². The summed E-state index contributed by atoms with van der Waals surface area (Å²) in [4.78, 5) is 2.02. The van der Waals surface area contributed by atoms with Crippen molar-refractivity contribution < 1.29 is 17.9 Å². The van der Waals surface area contributed by atoms with Crippen LogP contribution >= 0.6 is 15.9 Å². The van der Waals surface area contributed by atoms with E-state index in [9.17, 15) is 13.2 Å². The Kier molecular flexibility index (Phi) is 5.57. The minimum atomic E-state index is -4.69. The number of rotatable bonds is 5. The highest BCUT2D eigenvalue weighted by Crippen LogP contribution is 2.29. The first-order valence-electron chi connectivity index (χ1n) is 7.11. The Morgan fingerprint density at radius 3 is 2.39 bits per heavy atom. The van der Waals surface area contributed by atoms with E-state index in [-0.39, 0.29) is 11.8 Å². The van der Waals surface area contributed by atoms with E-state index in [0.29, 0.717) is 12.2 Å². The van der Waals surface area contributed by atoms with E-state index in [1.165, 1.54) is 12.1 Å². The SMILES string of the molecule is CC(C)N(Cc1cccc(Br)c1)c1cccc(OC(F)(F)F)c1. The summed E-state index contributed by atoms with van der Waals surface area (Å²) in [6.45, 7) is 4.58. The van der Waals surface area contributed by atoms with Crippen molar-refractivity contribution in [3.8, 4) is 5.75 Å². The van der Waals surface area contributed by atoms with E-state index in [4.69, 9.17) is 0 Å². The third-order valence-electron chi connectivity index (χ3n) is 3.25. The number of hydrogen-bond donors (Lipinski definition) is 0. The summed E-state index contributed by atoms with van der Waals surface area (Å²) in [5, 5.41) is 0. The summed E-state index contributed by atoms with van der Waals surface area (Å²) < 4.78 is 42.1. The Labute approximate surface area is 142 Å². The molecule has 2 rings (SSSR count). The highest BCUT2D eigenvalue weighted by molar-refractivity contribution is 9.10. The molecule has 0 unspecified atom stereocenters. The van der Waals surface area contributed by atoms with Crippen LogP contribution in [0.3, 0.4) is 0 Å². The van der Waals surface area contributed by atoms with Crippen molar-refractivity contribution in [1.29, 1.82) is 0 Å². The lowest BCUT2D eigenvalue weighted by Crippen LogP contribution is -2.30. The Balaban J connectivity index is 2.25. The van der Waals surface area contributed by atoms with E-state index >= 15 is 0 Å². The van der Waals surface area contributed by atoms with Gasteiger partial charge in [0.05, 0.1) is 0 Å². The zero-order valence-electron chi connectivity index (χ0n) is 12.8. The molecule has 0 fully saturated rings. The maximum absolute atomic E-state index is 12.4. The topological polar surface area (TPSA) is 12.5 Å². The number of benzene rings is 2. The largest absolute Gasteiger partial charge is 0.573 e. The fourth-order valence-corrected chi connectivity index (χ4v) is 2.71. The summed E-state index contributed by atoms with van der Waals surface area (Å²) in [6, 6.07) is 14.0. The Morgan fingerprint density at radius 1 is 1.09 bits per heavy atom. The maximum Gasteiger partial charge on any atom is 0.573 e. The number of anilines is 1. The minimum absolute atomic E-state index is 0.120. The van der Waals surface area contributed by atoms with Gasteiger partial charge in [-0.2, -0.15) is 0 Å². The van der Waals surface area contributed by atoms with Gasteiger partial charge in [0.2, 0.25) is 0 Å². The molecule has 0 aliphatic heterocycles. The van der Waals surface area contributed by atoms with Crippen LogP contribution in [0.5, 0.6) is 5.75 Å². The fraction of sp³-hybridized carbons (Fsp3) is 0.294. The lowest BCUT2D eigenvalue weighted by Gasteiger charge is -2.29. The molecule has 0 amide bonds. The molecular formula is C17H17BrF3NO. The average Bonchev–Trinajstić information content (AvgIpc) is 2.43. The molecule has 6 heteroatoms. The molecule has 0 spiro atoms. The number of hydrogen-bond acceptors (Lipinski definition) is 2. The predicted molar refractivity (Wildman–Crippen MR) is 88.6 cm³/mol. The smallest absolute Gasteiger partial charge is 0.406 e. The summed E-state index contributed by atoms with van der Waals surface area (Å²) in [6.07, 6.45) is -4.69. The molecule has 2 aromatic rings. The lowest BCUT2D eigenvalue weighted by molar-refractivity contribution is -0.274. The zero-order chi connectivity index (χ0) is 17.0. The summed E-state index contributed by atoms with van der Waals surface area (Å²) in [5.74, 6) is -0.213. The van der Waals surface area contributed by atoms with Gasteiger partial charge in [-0.1, -0.05) is 34.1 Å². The van der Waals surface area contributed by atoms with Gasteiger partial charge in [0.1, 0.15) is 5.75 Å². The van der Waals surface area contributed by atoms with Gasteiger partial charge < -0.3 is 9.64 Å². The van der Waals surface area contributed by atoms with Gasteiger partial charge in [0.15, 0.2) is 0 Å². The molecule has 2 nitrogen and oxygen atoms in total. The first kappa shape index (κ1) is 17.7. The molecule has 0 radical (unpaired) electrons. The van der Waals surface area contributed by atoms with Crippen LogP contribution < -0.4 is 9.64 Å². The van der Waals surface area contributed by atoms with Crippen molar-refractivity contribution in [2.45, 2.75) is 32.8 Å². The molecule has 0 saturated carbocycles. The van der Waals surface area contributed by atoms with Gasteiger partial charge in [-0.15, -0.1) is 13.2 Å². The van der Waals surface area contributed by atoms with E-state index in [1.807, 2.05) is 43.0 Å². The minimum Gasteiger partial charge on any atom is -0.406 e. The summed E-state index contributed by atoms with van der Waals surface area (Å²) >= 11 is 3.43.